The minimum Gasteiger partial charge on any atom is -0.338 e. The van der Waals surface area contributed by atoms with Gasteiger partial charge in [0.2, 0.25) is 5.89 Å². The third-order valence-electron chi connectivity index (χ3n) is 2.73. The zero-order valence-corrected chi connectivity index (χ0v) is 9.41. The summed E-state index contributed by atoms with van der Waals surface area (Å²) in [7, 11) is 0. The second-order valence-electron chi connectivity index (χ2n) is 4.32. The van der Waals surface area contributed by atoms with Gasteiger partial charge in [0.05, 0.1) is 11.9 Å². The smallest absolute Gasteiger partial charge is 0.248 e. The molecule has 0 aromatic carbocycles. The Balaban J connectivity index is 1.50. The van der Waals surface area contributed by atoms with Crippen LogP contribution in [-0.4, -0.2) is 31.7 Å². The highest BCUT2D eigenvalue weighted by Gasteiger charge is 2.20. The van der Waals surface area contributed by atoms with E-state index in [2.05, 4.69) is 25.8 Å². The Bertz CT molecular complexity index is 461. The van der Waals surface area contributed by atoms with Gasteiger partial charge in [-0.15, -0.1) is 5.10 Å². The van der Waals surface area contributed by atoms with E-state index in [0.717, 1.165) is 24.7 Å². The fourth-order valence-electron chi connectivity index (χ4n) is 1.63. The lowest BCUT2D eigenvalue weighted by Crippen LogP contribution is -2.16. The second kappa shape index (κ2) is 4.62. The maximum absolute atomic E-state index is 4.90. The summed E-state index contributed by atoms with van der Waals surface area (Å²) < 4.78 is 6.60. The van der Waals surface area contributed by atoms with Crippen LogP contribution in [0.5, 0.6) is 0 Å². The van der Waals surface area contributed by atoms with Crippen LogP contribution >= 0.6 is 0 Å². The summed E-state index contributed by atoms with van der Waals surface area (Å²) in [6.07, 6.45) is 5.99. The van der Waals surface area contributed by atoms with Crippen LogP contribution in [0.4, 0.5) is 0 Å². The number of aromatic nitrogens is 5. The highest BCUT2D eigenvalue weighted by molar-refractivity contribution is 4.93. The van der Waals surface area contributed by atoms with Crippen molar-refractivity contribution in [1.29, 1.82) is 0 Å². The van der Waals surface area contributed by atoms with Crippen LogP contribution in [0, 0.1) is 5.92 Å². The van der Waals surface area contributed by atoms with Gasteiger partial charge in [-0.25, -0.2) is 4.68 Å². The highest BCUT2D eigenvalue weighted by Crippen LogP contribution is 2.27. The van der Waals surface area contributed by atoms with Crippen molar-refractivity contribution < 1.29 is 4.52 Å². The van der Waals surface area contributed by atoms with E-state index in [1.165, 1.54) is 19.2 Å². The van der Waals surface area contributed by atoms with Crippen LogP contribution in [0.15, 0.2) is 17.0 Å². The van der Waals surface area contributed by atoms with Crippen molar-refractivity contribution in [3.8, 4) is 0 Å². The van der Waals surface area contributed by atoms with Gasteiger partial charge in [0.25, 0.3) is 0 Å². The van der Waals surface area contributed by atoms with Gasteiger partial charge in [-0.05, 0) is 25.3 Å². The van der Waals surface area contributed by atoms with E-state index in [1.54, 1.807) is 4.68 Å². The van der Waals surface area contributed by atoms with Crippen molar-refractivity contribution in [2.45, 2.75) is 25.9 Å². The summed E-state index contributed by atoms with van der Waals surface area (Å²) >= 11 is 0. The van der Waals surface area contributed by atoms with Gasteiger partial charge in [-0.3, -0.25) is 0 Å². The molecule has 2 heterocycles. The first-order chi connectivity index (χ1) is 8.40. The topological polar surface area (TPSA) is 81.7 Å². The molecule has 2 aromatic rings. The van der Waals surface area contributed by atoms with Gasteiger partial charge >= 0.3 is 0 Å². The van der Waals surface area contributed by atoms with Crippen LogP contribution in [0.2, 0.25) is 0 Å². The minimum absolute atomic E-state index is 0.468. The summed E-state index contributed by atoms with van der Waals surface area (Å²) in [4.78, 5) is 3.93. The van der Waals surface area contributed by atoms with E-state index in [4.69, 9.17) is 4.52 Å². The van der Waals surface area contributed by atoms with Crippen LogP contribution in [0.1, 0.15) is 24.4 Å². The Hall–Kier alpha value is -1.76. The first kappa shape index (κ1) is 10.4. The molecule has 1 saturated carbocycles. The zero-order valence-electron chi connectivity index (χ0n) is 9.41. The fourth-order valence-corrected chi connectivity index (χ4v) is 1.63. The average molecular weight is 234 g/mol. The quantitative estimate of drug-likeness (QED) is 0.769. The Morgan fingerprint density at radius 2 is 2.41 bits per heavy atom. The molecule has 0 atom stereocenters. The molecule has 1 fully saturated rings. The van der Waals surface area contributed by atoms with Crippen molar-refractivity contribution >= 4 is 0 Å². The SMILES string of the molecule is c1noc(Cn2cc(CNCC3CC3)nn2)n1. The summed E-state index contributed by atoms with van der Waals surface area (Å²) in [6, 6.07) is 0. The van der Waals surface area contributed by atoms with Crippen LogP contribution in [0.3, 0.4) is 0 Å². The first-order valence-electron chi connectivity index (χ1n) is 5.75. The Kier molecular flexibility index (Phi) is 2.83. The molecule has 0 bridgehead atoms. The largest absolute Gasteiger partial charge is 0.338 e. The number of rotatable bonds is 6. The predicted molar refractivity (Wildman–Crippen MR) is 57.9 cm³/mol. The standard InChI is InChI=1S/C10H14N6O/c1-2-8(1)3-11-4-9-5-16(15-14-9)6-10-12-7-13-17-10/h5,7-8,11H,1-4,6H2. The molecular weight excluding hydrogens is 220 g/mol. The summed E-state index contributed by atoms with van der Waals surface area (Å²) in [5.74, 6) is 1.41. The molecule has 1 aliphatic carbocycles. The fraction of sp³-hybridized carbons (Fsp3) is 0.600. The van der Waals surface area contributed by atoms with E-state index in [9.17, 15) is 0 Å². The van der Waals surface area contributed by atoms with E-state index < -0.39 is 0 Å². The molecule has 1 N–H and O–H groups in total. The highest BCUT2D eigenvalue weighted by atomic mass is 16.5. The maximum Gasteiger partial charge on any atom is 0.248 e. The minimum atomic E-state index is 0.468. The summed E-state index contributed by atoms with van der Waals surface area (Å²) in [5, 5.41) is 15.0. The van der Waals surface area contributed by atoms with Crippen LogP contribution in [-0.2, 0) is 13.1 Å². The normalized spacial score (nSPS) is 15.3. The molecule has 0 radical (unpaired) electrons. The molecule has 2 aromatic heterocycles. The van der Waals surface area contributed by atoms with Crippen molar-refractivity contribution in [2.24, 2.45) is 5.92 Å². The molecule has 0 amide bonds. The van der Waals surface area contributed by atoms with Crippen molar-refractivity contribution in [2.75, 3.05) is 6.54 Å². The Morgan fingerprint density at radius 1 is 1.47 bits per heavy atom. The molecule has 0 aliphatic heterocycles. The van der Waals surface area contributed by atoms with Gasteiger partial charge < -0.3 is 9.84 Å². The number of nitrogens with zero attached hydrogens (tertiary/aromatic N) is 5. The van der Waals surface area contributed by atoms with Crippen LogP contribution < -0.4 is 5.32 Å². The summed E-state index contributed by atoms with van der Waals surface area (Å²) in [6.45, 7) is 2.31. The molecule has 90 valence electrons. The van der Waals surface area contributed by atoms with Gasteiger partial charge in [-0.1, -0.05) is 10.4 Å². The molecule has 7 nitrogen and oxygen atoms in total. The van der Waals surface area contributed by atoms with Gasteiger partial charge in [0.1, 0.15) is 6.54 Å². The van der Waals surface area contributed by atoms with Gasteiger partial charge in [0, 0.05) is 6.54 Å². The van der Waals surface area contributed by atoms with E-state index in [-0.39, 0.29) is 0 Å². The molecule has 0 unspecified atom stereocenters. The van der Waals surface area contributed by atoms with E-state index in [0.29, 0.717) is 12.4 Å². The predicted octanol–water partition coefficient (Wildman–Crippen LogP) is 0.209. The number of hydrogen-bond donors (Lipinski definition) is 1. The molecule has 7 heteroatoms. The van der Waals surface area contributed by atoms with E-state index >= 15 is 0 Å². The molecular formula is C10H14N6O. The van der Waals surface area contributed by atoms with Crippen molar-refractivity contribution in [1.82, 2.24) is 30.5 Å². The lowest BCUT2D eigenvalue weighted by Gasteiger charge is -1.98. The van der Waals surface area contributed by atoms with Crippen molar-refractivity contribution in [3.63, 3.8) is 0 Å². The molecule has 17 heavy (non-hydrogen) atoms. The van der Waals surface area contributed by atoms with Crippen LogP contribution in [0.25, 0.3) is 0 Å². The molecule has 0 spiro atoms. The molecule has 1 aliphatic rings. The van der Waals surface area contributed by atoms with E-state index in [1.807, 2.05) is 6.20 Å². The maximum atomic E-state index is 4.90. The third kappa shape index (κ3) is 2.88. The second-order valence-corrected chi connectivity index (χ2v) is 4.32. The van der Waals surface area contributed by atoms with Crippen molar-refractivity contribution in [3.05, 3.63) is 24.1 Å². The molecule has 3 rings (SSSR count). The zero-order chi connectivity index (χ0) is 11.5. The lowest BCUT2D eigenvalue weighted by atomic mass is 10.4. The summed E-state index contributed by atoms with van der Waals surface area (Å²) in [5.41, 5.74) is 0.935. The Labute approximate surface area is 98.2 Å². The monoisotopic (exact) mass is 234 g/mol. The first-order valence-corrected chi connectivity index (χ1v) is 5.75. The molecule has 0 saturated heterocycles. The number of hydrogen-bond acceptors (Lipinski definition) is 6. The Morgan fingerprint density at radius 3 is 3.18 bits per heavy atom. The van der Waals surface area contributed by atoms with Gasteiger partial charge in [0.15, 0.2) is 6.33 Å². The number of nitrogens with one attached hydrogen (secondary N) is 1. The lowest BCUT2D eigenvalue weighted by molar-refractivity contribution is 0.363. The average Bonchev–Trinajstić information content (AvgIpc) is 2.83. The third-order valence-corrected chi connectivity index (χ3v) is 2.73. The van der Waals surface area contributed by atoms with Gasteiger partial charge in [-0.2, -0.15) is 4.98 Å².